The maximum absolute atomic E-state index is 6.22. The van der Waals surface area contributed by atoms with Crippen LogP contribution in [0, 0.1) is 11.8 Å². The Morgan fingerprint density at radius 2 is 1.92 bits per heavy atom. The number of nitrogens with two attached hydrogens (primary N) is 1. The van der Waals surface area contributed by atoms with E-state index in [1.165, 1.54) is 38.8 Å². The summed E-state index contributed by atoms with van der Waals surface area (Å²) in [6, 6.07) is 0.503. The van der Waals surface area contributed by atoms with Crippen molar-refractivity contribution in [2.24, 2.45) is 17.6 Å². The summed E-state index contributed by atoms with van der Waals surface area (Å²) in [5, 5.41) is 0. The van der Waals surface area contributed by atoms with Gasteiger partial charge in [0.05, 0.1) is 0 Å². The van der Waals surface area contributed by atoms with E-state index in [-0.39, 0.29) is 0 Å². The number of hydrogen-bond donors (Lipinski definition) is 1. The summed E-state index contributed by atoms with van der Waals surface area (Å²) >= 11 is 0. The fourth-order valence-electron chi connectivity index (χ4n) is 2.84. The van der Waals surface area contributed by atoms with Gasteiger partial charge in [0.25, 0.3) is 0 Å². The second-order valence-corrected chi connectivity index (χ2v) is 4.58. The third-order valence-electron chi connectivity index (χ3n) is 3.67. The molecule has 2 fully saturated rings. The Hall–Kier alpha value is -0.0800. The number of rotatable bonds is 0. The molecule has 1 saturated carbocycles. The highest BCUT2D eigenvalue weighted by atomic mass is 15.1. The minimum Gasteiger partial charge on any atom is -0.327 e. The third-order valence-corrected chi connectivity index (χ3v) is 3.67. The molecule has 1 saturated heterocycles. The molecule has 1 aliphatic heterocycles. The molecule has 0 amide bonds. The molecule has 2 N–H and O–H groups in total. The molecule has 70 valence electrons. The molecular formula is C10H20N2. The molecule has 0 aromatic heterocycles. The average molecular weight is 168 g/mol. The largest absolute Gasteiger partial charge is 0.327 e. The minimum atomic E-state index is 0.503. The van der Waals surface area contributed by atoms with Gasteiger partial charge >= 0.3 is 0 Å². The molecule has 0 aromatic rings. The van der Waals surface area contributed by atoms with Crippen molar-refractivity contribution in [2.45, 2.75) is 31.7 Å². The zero-order valence-corrected chi connectivity index (χ0v) is 8.00. The first-order chi connectivity index (χ1) is 5.77. The van der Waals surface area contributed by atoms with Gasteiger partial charge in [0, 0.05) is 12.6 Å². The van der Waals surface area contributed by atoms with Crippen molar-refractivity contribution in [1.29, 1.82) is 0 Å². The van der Waals surface area contributed by atoms with Crippen LogP contribution in [0.15, 0.2) is 0 Å². The zero-order chi connectivity index (χ0) is 8.55. The van der Waals surface area contributed by atoms with E-state index in [2.05, 4.69) is 11.9 Å². The molecule has 12 heavy (non-hydrogen) atoms. The Bertz CT molecular complexity index is 158. The molecule has 0 spiro atoms. The Morgan fingerprint density at radius 3 is 2.75 bits per heavy atom. The van der Waals surface area contributed by atoms with Crippen molar-refractivity contribution in [1.82, 2.24) is 4.90 Å². The van der Waals surface area contributed by atoms with Crippen LogP contribution in [0.3, 0.4) is 0 Å². The lowest BCUT2D eigenvalue weighted by Crippen LogP contribution is -2.42. The van der Waals surface area contributed by atoms with Gasteiger partial charge in [-0.15, -0.1) is 0 Å². The van der Waals surface area contributed by atoms with Crippen molar-refractivity contribution in [3.8, 4) is 0 Å². The molecule has 3 atom stereocenters. The maximum atomic E-state index is 6.22. The topological polar surface area (TPSA) is 29.3 Å². The first-order valence-corrected chi connectivity index (χ1v) is 5.21. The number of likely N-dealkylation sites (tertiary alicyclic amines) is 1. The highest BCUT2D eigenvalue weighted by Crippen LogP contribution is 2.33. The van der Waals surface area contributed by atoms with Crippen LogP contribution in [0.2, 0.25) is 0 Å². The fraction of sp³-hybridized carbons (Fsp3) is 1.00. The highest BCUT2D eigenvalue weighted by Gasteiger charge is 2.33. The minimum absolute atomic E-state index is 0.503. The van der Waals surface area contributed by atoms with Gasteiger partial charge in [-0.05, 0) is 44.7 Å². The van der Waals surface area contributed by atoms with E-state index in [1.54, 1.807) is 0 Å². The van der Waals surface area contributed by atoms with Crippen LogP contribution in [0.5, 0.6) is 0 Å². The van der Waals surface area contributed by atoms with Crippen molar-refractivity contribution in [2.75, 3.05) is 20.1 Å². The molecule has 2 nitrogen and oxygen atoms in total. The summed E-state index contributed by atoms with van der Waals surface area (Å²) in [4.78, 5) is 2.45. The average Bonchev–Trinajstić information content (AvgIpc) is 2.17. The Morgan fingerprint density at radius 1 is 1.17 bits per heavy atom. The lowest BCUT2D eigenvalue weighted by molar-refractivity contribution is 0.218. The Balaban J connectivity index is 2.08. The van der Waals surface area contributed by atoms with E-state index in [9.17, 15) is 0 Å². The van der Waals surface area contributed by atoms with Gasteiger partial charge in [-0.3, -0.25) is 0 Å². The molecule has 0 aromatic carbocycles. The standard InChI is InChI=1S/C10H20N2/c1-12-6-5-8-3-2-4-9(7-12)10(8)11/h8-10H,2-7,11H2,1H3/t8?,9?,10-/m0/s1. The quantitative estimate of drug-likeness (QED) is 0.586. The molecule has 2 heteroatoms. The second kappa shape index (κ2) is 3.35. The smallest absolute Gasteiger partial charge is 0.0108 e. The predicted molar refractivity (Wildman–Crippen MR) is 50.9 cm³/mol. The van der Waals surface area contributed by atoms with Crippen molar-refractivity contribution >= 4 is 0 Å². The van der Waals surface area contributed by atoms with E-state index in [4.69, 9.17) is 5.73 Å². The first kappa shape index (κ1) is 8.52. The van der Waals surface area contributed by atoms with Gasteiger partial charge in [-0.2, -0.15) is 0 Å². The molecule has 0 radical (unpaired) electrons. The van der Waals surface area contributed by atoms with Crippen LogP contribution in [0.4, 0.5) is 0 Å². The fourth-order valence-corrected chi connectivity index (χ4v) is 2.84. The maximum Gasteiger partial charge on any atom is 0.0108 e. The van der Waals surface area contributed by atoms with Crippen molar-refractivity contribution in [3.63, 3.8) is 0 Å². The second-order valence-electron chi connectivity index (χ2n) is 4.58. The predicted octanol–water partition coefficient (Wildman–Crippen LogP) is 1.07. The lowest BCUT2D eigenvalue weighted by atomic mass is 9.77. The van der Waals surface area contributed by atoms with Crippen molar-refractivity contribution in [3.05, 3.63) is 0 Å². The van der Waals surface area contributed by atoms with E-state index >= 15 is 0 Å². The number of nitrogens with zero attached hydrogens (tertiary/aromatic N) is 1. The highest BCUT2D eigenvalue weighted by molar-refractivity contribution is 4.89. The van der Waals surface area contributed by atoms with Gasteiger partial charge in [-0.25, -0.2) is 0 Å². The number of fused-ring (bicyclic) bond motifs is 2. The molecule has 1 aliphatic carbocycles. The number of hydrogen-bond acceptors (Lipinski definition) is 2. The van der Waals surface area contributed by atoms with Crippen LogP contribution in [-0.2, 0) is 0 Å². The van der Waals surface area contributed by atoms with E-state index < -0.39 is 0 Å². The summed E-state index contributed by atoms with van der Waals surface area (Å²) in [6.45, 7) is 2.49. The van der Waals surface area contributed by atoms with E-state index in [1.807, 2.05) is 0 Å². The zero-order valence-electron chi connectivity index (χ0n) is 8.00. The van der Waals surface area contributed by atoms with Crippen LogP contribution in [-0.4, -0.2) is 31.1 Å². The summed E-state index contributed by atoms with van der Waals surface area (Å²) in [6.07, 6.45) is 5.48. The first-order valence-electron chi connectivity index (χ1n) is 5.21. The van der Waals surface area contributed by atoms with Crippen molar-refractivity contribution < 1.29 is 0 Å². The molecular weight excluding hydrogens is 148 g/mol. The Kier molecular flexibility index (Phi) is 2.37. The SMILES string of the molecule is CN1CCC2CCCC(C1)[C@H]2N. The van der Waals surface area contributed by atoms with Gasteiger partial charge < -0.3 is 10.6 Å². The van der Waals surface area contributed by atoms with Gasteiger partial charge in [0.2, 0.25) is 0 Å². The summed E-state index contributed by atoms with van der Waals surface area (Å²) < 4.78 is 0. The summed E-state index contributed by atoms with van der Waals surface area (Å²) in [7, 11) is 2.23. The van der Waals surface area contributed by atoms with Crippen LogP contribution < -0.4 is 5.73 Å². The van der Waals surface area contributed by atoms with Gasteiger partial charge in [-0.1, -0.05) is 6.42 Å². The summed E-state index contributed by atoms with van der Waals surface area (Å²) in [5.74, 6) is 1.62. The molecule has 2 aliphatic rings. The van der Waals surface area contributed by atoms with Crippen LogP contribution in [0.1, 0.15) is 25.7 Å². The Labute approximate surface area is 75.1 Å². The third kappa shape index (κ3) is 1.50. The van der Waals surface area contributed by atoms with Gasteiger partial charge in [0.15, 0.2) is 0 Å². The monoisotopic (exact) mass is 168 g/mol. The van der Waals surface area contributed by atoms with Gasteiger partial charge in [0.1, 0.15) is 0 Å². The van der Waals surface area contributed by atoms with E-state index in [0.717, 1.165) is 11.8 Å². The summed E-state index contributed by atoms with van der Waals surface area (Å²) in [5.41, 5.74) is 6.22. The molecule has 2 unspecified atom stereocenters. The van der Waals surface area contributed by atoms with E-state index in [0.29, 0.717) is 6.04 Å². The van der Waals surface area contributed by atoms with Crippen LogP contribution >= 0.6 is 0 Å². The molecule has 1 heterocycles. The van der Waals surface area contributed by atoms with Crippen LogP contribution in [0.25, 0.3) is 0 Å². The molecule has 2 rings (SSSR count). The normalized spacial score (nSPS) is 44.0. The lowest BCUT2D eigenvalue weighted by Gasteiger charge is -2.33. The molecule has 2 bridgehead atoms.